The average molecular weight is 368 g/mol. The van der Waals surface area contributed by atoms with Gasteiger partial charge in [0.2, 0.25) is 5.91 Å². The maximum absolute atomic E-state index is 12.4. The van der Waals surface area contributed by atoms with E-state index < -0.39 is 0 Å². The van der Waals surface area contributed by atoms with Crippen LogP contribution in [0.4, 0.5) is 0 Å². The topological polar surface area (TPSA) is 46.6 Å². The fourth-order valence-electron chi connectivity index (χ4n) is 4.34. The Morgan fingerprint density at radius 3 is 2.50 bits per heavy atom. The zero-order valence-corrected chi connectivity index (χ0v) is 17.0. The number of likely N-dealkylation sites (tertiary alicyclic amines) is 2. The van der Waals surface area contributed by atoms with Crippen LogP contribution in [-0.4, -0.2) is 67.1 Å². The Kier molecular flexibility index (Phi) is 8.89. The Bertz CT molecular complexity index is 447. The summed E-state index contributed by atoms with van der Waals surface area (Å²) in [6.45, 7) is 6.73. The number of hydrogen-bond acceptors (Lipinski definition) is 3. The smallest absolute Gasteiger partial charge is 0.306 e. The van der Waals surface area contributed by atoms with Crippen LogP contribution in [0, 0.1) is 0 Å². The van der Waals surface area contributed by atoms with Crippen molar-refractivity contribution in [3.05, 3.63) is 0 Å². The lowest BCUT2D eigenvalue weighted by Gasteiger charge is -2.40. The molecule has 5 nitrogen and oxygen atoms in total. The van der Waals surface area contributed by atoms with Crippen molar-refractivity contribution < 1.29 is 18.8 Å². The molecule has 1 atom stereocenters. The van der Waals surface area contributed by atoms with Gasteiger partial charge in [0.25, 0.3) is 0 Å². The van der Waals surface area contributed by atoms with E-state index in [1.807, 2.05) is 4.90 Å². The summed E-state index contributed by atoms with van der Waals surface area (Å²) < 4.78 is 6.86. The summed E-state index contributed by atoms with van der Waals surface area (Å²) in [5, 5.41) is 0. The van der Waals surface area contributed by atoms with Crippen LogP contribution < -0.4 is 0 Å². The van der Waals surface area contributed by atoms with Gasteiger partial charge in [-0.3, -0.25) is 9.59 Å². The van der Waals surface area contributed by atoms with Gasteiger partial charge in [0.15, 0.2) is 6.10 Å². The molecule has 2 fully saturated rings. The van der Waals surface area contributed by atoms with Crippen LogP contribution >= 0.6 is 0 Å². The number of carbonyl (C=O) groups is 2. The zero-order valence-electron chi connectivity index (χ0n) is 17.0. The maximum Gasteiger partial charge on any atom is 0.306 e. The van der Waals surface area contributed by atoms with Crippen molar-refractivity contribution in [2.45, 2.75) is 83.7 Å². The van der Waals surface area contributed by atoms with Gasteiger partial charge in [-0.25, -0.2) is 0 Å². The number of ether oxygens (including phenoxy) is 1. The average Bonchev–Trinajstić information content (AvgIpc) is 2.99. The molecule has 0 aliphatic carbocycles. The Hall–Kier alpha value is -1.10. The first-order valence-electron chi connectivity index (χ1n) is 10.8. The van der Waals surface area contributed by atoms with E-state index in [4.69, 9.17) is 4.74 Å². The van der Waals surface area contributed by atoms with Crippen molar-refractivity contribution in [1.29, 1.82) is 0 Å². The Morgan fingerprint density at radius 1 is 1.12 bits per heavy atom. The third-order valence-electron chi connectivity index (χ3n) is 5.92. The normalized spacial score (nSPS) is 21.0. The van der Waals surface area contributed by atoms with Crippen molar-refractivity contribution in [3.63, 3.8) is 0 Å². The number of esters is 1. The highest BCUT2D eigenvalue weighted by Crippen LogP contribution is 2.20. The minimum absolute atomic E-state index is 0.0817. The second-order valence-corrected chi connectivity index (χ2v) is 8.53. The van der Waals surface area contributed by atoms with E-state index in [0.29, 0.717) is 19.4 Å². The van der Waals surface area contributed by atoms with Crippen LogP contribution in [0.2, 0.25) is 0 Å². The van der Waals surface area contributed by atoms with Crippen molar-refractivity contribution in [3.8, 4) is 0 Å². The summed E-state index contributed by atoms with van der Waals surface area (Å²) in [5.74, 6) is 0.133. The third-order valence-corrected chi connectivity index (χ3v) is 5.92. The number of nitrogens with zero attached hydrogens (tertiary/aromatic N) is 2. The van der Waals surface area contributed by atoms with E-state index in [0.717, 1.165) is 49.9 Å². The number of unbranched alkanes of at least 4 members (excludes halogenated alkanes) is 4. The second-order valence-electron chi connectivity index (χ2n) is 8.53. The molecule has 150 valence electrons. The van der Waals surface area contributed by atoms with Crippen LogP contribution in [-0.2, 0) is 14.3 Å². The molecule has 2 saturated heterocycles. The van der Waals surface area contributed by atoms with Gasteiger partial charge >= 0.3 is 5.97 Å². The molecule has 0 radical (unpaired) electrons. The predicted molar refractivity (Wildman–Crippen MR) is 104 cm³/mol. The van der Waals surface area contributed by atoms with Gasteiger partial charge in [0.1, 0.15) is 6.54 Å². The van der Waals surface area contributed by atoms with Crippen molar-refractivity contribution in [2.24, 2.45) is 0 Å². The monoisotopic (exact) mass is 367 g/mol. The minimum atomic E-state index is -0.164. The highest BCUT2D eigenvalue weighted by molar-refractivity contribution is 5.78. The van der Waals surface area contributed by atoms with Crippen molar-refractivity contribution in [2.75, 3.05) is 39.8 Å². The Morgan fingerprint density at radius 2 is 1.85 bits per heavy atom. The number of piperidine rings is 1. The molecule has 0 unspecified atom stereocenters. The molecule has 0 bridgehead atoms. The van der Waals surface area contributed by atoms with Crippen LogP contribution in [0.1, 0.15) is 77.6 Å². The lowest BCUT2D eigenvalue weighted by atomic mass is 10.1. The molecule has 0 saturated carbocycles. The van der Waals surface area contributed by atoms with Gasteiger partial charge in [-0.15, -0.1) is 0 Å². The molecule has 2 aliphatic heterocycles. The molecule has 1 amide bonds. The Balaban J connectivity index is 1.85. The molecule has 0 spiro atoms. The number of carbonyl (C=O) groups excluding carboxylic acids is 2. The lowest BCUT2D eigenvalue weighted by molar-refractivity contribution is -0.916. The van der Waals surface area contributed by atoms with Gasteiger partial charge in [-0.05, 0) is 32.1 Å². The van der Waals surface area contributed by atoms with Crippen LogP contribution in [0.25, 0.3) is 0 Å². The lowest BCUT2D eigenvalue weighted by Crippen LogP contribution is -2.54. The van der Waals surface area contributed by atoms with Gasteiger partial charge < -0.3 is 14.1 Å². The number of amides is 1. The summed E-state index contributed by atoms with van der Waals surface area (Å²) in [6, 6.07) is 0. The zero-order chi connectivity index (χ0) is 18.8. The fourth-order valence-corrected chi connectivity index (χ4v) is 4.34. The summed E-state index contributed by atoms with van der Waals surface area (Å²) in [4.78, 5) is 26.3. The molecule has 5 heteroatoms. The molecule has 26 heavy (non-hydrogen) atoms. The van der Waals surface area contributed by atoms with E-state index >= 15 is 0 Å². The summed E-state index contributed by atoms with van der Waals surface area (Å²) in [7, 11) is 2.27. The molecule has 0 aromatic heterocycles. The first-order valence-corrected chi connectivity index (χ1v) is 10.8. The Labute approximate surface area is 159 Å². The second kappa shape index (κ2) is 10.9. The molecular weight excluding hydrogens is 328 g/mol. The highest BCUT2D eigenvalue weighted by Gasteiger charge is 2.33. The van der Waals surface area contributed by atoms with E-state index in [9.17, 15) is 9.59 Å². The predicted octanol–water partition coefficient (Wildman–Crippen LogP) is 3.51. The summed E-state index contributed by atoms with van der Waals surface area (Å²) in [5.41, 5.74) is 0. The summed E-state index contributed by atoms with van der Waals surface area (Å²) in [6.07, 6.45) is 11.4. The maximum atomic E-state index is 12.4. The van der Waals surface area contributed by atoms with Crippen LogP contribution in [0.3, 0.4) is 0 Å². The third kappa shape index (κ3) is 7.26. The molecule has 0 aromatic rings. The number of rotatable bonds is 11. The first kappa shape index (κ1) is 21.2. The van der Waals surface area contributed by atoms with Crippen molar-refractivity contribution >= 4 is 11.9 Å². The molecule has 0 N–H and O–H groups in total. The van der Waals surface area contributed by atoms with E-state index in [1.54, 1.807) is 0 Å². The quantitative estimate of drug-likeness (QED) is 0.319. The van der Waals surface area contributed by atoms with Gasteiger partial charge in [-0.2, -0.15) is 0 Å². The van der Waals surface area contributed by atoms with Gasteiger partial charge in [0, 0.05) is 19.4 Å². The van der Waals surface area contributed by atoms with Gasteiger partial charge in [0.05, 0.1) is 26.7 Å². The molecule has 0 aromatic carbocycles. The van der Waals surface area contributed by atoms with Crippen LogP contribution in [0.15, 0.2) is 0 Å². The fraction of sp³-hybridized carbons (Fsp3) is 0.905. The van der Waals surface area contributed by atoms with Crippen molar-refractivity contribution in [1.82, 2.24) is 4.90 Å². The SMILES string of the molecule is CCCCCCCC(=O)O[C@@H](CN1CCCC1=O)C[N+]1(C)CCCCC1. The van der Waals surface area contributed by atoms with Crippen LogP contribution in [0.5, 0.6) is 0 Å². The van der Waals surface area contributed by atoms with Gasteiger partial charge in [-0.1, -0.05) is 32.6 Å². The number of quaternary nitrogens is 1. The number of hydrogen-bond donors (Lipinski definition) is 0. The van der Waals surface area contributed by atoms with E-state index in [2.05, 4.69) is 14.0 Å². The molecule has 2 rings (SSSR count). The number of likely N-dealkylation sites (N-methyl/N-ethyl adjacent to an activating group) is 1. The molecule has 2 heterocycles. The highest BCUT2D eigenvalue weighted by atomic mass is 16.5. The largest absolute Gasteiger partial charge is 0.454 e. The summed E-state index contributed by atoms with van der Waals surface area (Å²) >= 11 is 0. The van der Waals surface area contributed by atoms with E-state index in [1.165, 1.54) is 38.5 Å². The molecule has 2 aliphatic rings. The first-order chi connectivity index (χ1) is 12.5. The van der Waals surface area contributed by atoms with E-state index in [-0.39, 0.29) is 18.0 Å². The minimum Gasteiger partial charge on any atom is -0.454 e. The molecular formula is C21H39N2O3+. The standard InChI is InChI=1S/C21H39N2O3/c1-3-4-5-6-8-13-21(25)26-19(17-22-14-11-12-20(22)24)18-23(2)15-9-7-10-16-23/h19H,3-18H2,1-2H3/q+1/t19-/m0/s1.